The summed E-state index contributed by atoms with van der Waals surface area (Å²) in [5.74, 6) is -0.371. The van der Waals surface area contributed by atoms with Crippen LogP contribution in [0.5, 0.6) is 0 Å². The lowest BCUT2D eigenvalue weighted by Gasteiger charge is -2.38. The zero-order valence-electron chi connectivity index (χ0n) is 14.1. The van der Waals surface area contributed by atoms with E-state index in [9.17, 15) is 14.3 Å². The highest BCUT2D eigenvalue weighted by Crippen LogP contribution is 2.33. The van der Waals surface area contributed by atoms with Gasteiger partial charge >= 0.3 is 0 Å². The minimum atomic E-state index is -1.00. The lowest BCUT2D eigenvalue weighted by Crippen LogP contribution is -2.45. The first-order valence-electron chi connectivity index (χ1n) is 8.91. The molecule has 1 fully saturated rings. The van der Waals surface area contributed by atoms with Crippen LogP contribution in [-0.4, -0.2) is 39.2 Å². The van der Waals surface area contributed by atoms with Gasteiger partial charge in [0, 0.05) is 24.3 Å². The predicted molar refractivity (Wildman–Crippen MR) is 90.7 cm³/mol. The molecule has 5 nitrogen and oxygen atoms in total. The second-order valence-electron chi connectivity index (χ2n) is 7.07. The van der Waals surface area contributed by atoms with Crippen molar-refractivity contribution in [3.05, 3.63) is 52.6 Å². The maximum atomic E-state index is 13.1. The van der Waals surface area contributed by atoms with Crippen molar-refractivity contribution in [1.29, 1.82) is 0 Å². The van der Waals surface area contributed by atoms with Gasteiger partial charge < -0.3 is 10.0 Å². The van der Waals surface area contributed by atoms with Gasteiger partial charge in [0.05, 0.1) is 5.60 Å². The second kappa shape index (κ2) is 6.26. The van der Waals surface area contributed by atoms with E-state index in [0.717, 1.165) is 36.9 Å². The summed E-state index contributed by atoms with van der Waals surface area (Å²) in [7, 11) is 0. The number of halogens is 1. The third kappa shape index (κ3) is 2.95. The SMILES string of the molecule is O=C(c1n[nH]c2c1CCCC2)N1CCC(O)(c2ccc(F)cc2)CC1. The van der Waals surface area contributed by atoms with E-state index in [1.165, 1.54) is 12.1 Å². The molecule has 0 unspecified atom stereocenters. The minimum absolute atomic E-state index is 0.0550. The van der Waals surface area contributed by atoms with E-state index in [0.29, 0.717) is 37.2 Å². The van der Waals surface area contributed by atoms with Gasteiger partial charge in [-0.3, -0.25) is 9.89 Å². The van der Waals surface area contributed by atoms with Crippen molar-refractivity contribution >= 4 is 5.91 Å². The summed E-state index contributed by atoms with van der Waals surface area (Å²) in [5.41, 5.74) is 2.40. The third-order valence-corrected chi connectivity index (χ3v) is 5.52. The Labute approximate surface area is 145 Å². The van der Waals surface area contributed by atoms with Gasteiger partial charge in [-0.2, -0.15) is 5.10 Å². The van der Waals surface area contributed by atoms with Crippen molar-refractivity contribution in [2.24, 2.45) is 0 Å². The molecule has 2 aliphatic rings. The Hall–Kier alpha value is -2.21. The average Bonchev–Trinajstić information content (AvgIpc) is 3.06. The molecule has 1 amide bonds. The Kier molecular flexibility index (Phi) is 4.07. The molecular weight excluding hydrogens is 321 g/mol. The second-order valence-corrected chi connectivity index (χ2v) is 7.07. The van der Waals surface area contributed by atoms with Crippen molar-refractivity contribution < 1.29 is 14.3 Å². The number of benzene rings is 1. The van der Waals surface area contributed by atoms with E-state index in [1.807, 2.05) is 0 Å². The van der Waals surface area contributed by atoms with Crippen LogP contribution in [0.3, 0.4) is 0 Å². The van der Waals surface area contributed by atoms with E-state index < -0.39 is 5.60 Å². The monoisotopic (exact) mass is 343 g/mol. The van der Waals surface area contributed by atoms with Gasteiger partial charge in [-0.25, -0.2) is 4.39 Å². The summed E-state index contributed by atoms with van der Waals surface area (Å²) in [5, 5.41) is 18.1. The Bertz CT molecular complexity index is 776. The zero-order valence-corrected chi connectivity index (χ0v) is 14.1. The highest BCUT2D eigenvalue weighted by molar-refractivity contribution is 5.94. The standard InChI is InChI=1S/C19H22FN3O2/c20-14-7-5-13(6-8-14)19(25)9-11-23(12-10-19)18(24)17-15-3-1-2-4-16(15)21-22-17/h5-8,25H,1-4,9-12H2,(H,21,22). The van der Waals surface area contributed by atoms with Gasteiger partial charge in [-0.05, 0) is 56.2 Å². The normalized spacial score (nSPS) is 19.5. The molecule has 2 aromatic rings. The Morgan fingerprint density at radius 2 is 1.84 bits per heavy atom. The summed E-state index contributed by atoms with van der Waals surface area (Å²) in [4.78, 5) is 14.6. The number of hydrogen-bond acceptors (Lipinski definition) is 3. The molecule has 6 heteroatoms. The van der Waals surface area contributed by atoms with Crippen molar-refractivity contribution in [2.45, 2.75) is 44.1 Å². The molecule has 0 saturated carbocycles. The fourth-order valence-electron chi connectivity index (χ4n) is 3.94. The van der Waals surface area contributed by atoms with Gasteiger partial charge in [-0.1, -0.05) is 12.1 Å². The van der Waals surface area contributed by atoms with Crippen LogP contribution < -0.4 is 0 Å². The number of amides is 1. The molecule has 0 radical (unpaired) electrons. The molecule has 1 saturated heterocycles. The number of hydrogen-bond donors (Lipinski definition) is 2. The number of piperidine rings is 1. The van der Waals surface area contributed by atoms with Gasteiger partial charge in [0.1, 0.15) is 5.82 Å². The predicted octanol–water partition coefficient (Wildman–Crippen LogP) is 2.55. The van der Waals surface area contributed by atoms with Crippen LogP contribution in [0.1, 0.15) is 53.0 Å². The fourth-order valence-corrected chi connectivity index (χ4v) is 3.94. The van der Waals surface area contributed by atoms with E-state index >= 15 is 0 Å². The first kappa shape index (κ1) is 16.3. The summed E-state index contributed by atoms with van der Waals surface area (Å²) >= 11 is 0. The van der Waals surface area contributed by atoms with Crippen molar-refractivity contribution in [3.63, 3.8) is 0 Å². The Morgan fingerprint density at radius 3 is 2.56 bits per heavy atom. The lowest BCUT2D eigenvalue weighted by molar-refractivity contribution is -0.0213. The largest absolute Gasteiger partial charge is 0.385 e. The Morgan fingerprint density at radius 1 is 1.16 bits per heavy atom. The molecule has 0 bridgehead atoms. The van der Waals surface area contributed by atoms with E-state index in [-0.39, 0.29) is 11.7 Å². The quantitative estimate of drug-likeness (QED) is 0.880. The highest BCUT2D eigenvalue weighted by atomic mass is 19.1. The summed E-state index contributed by atoms with van der Waals surface area (Å²) < 4.78 is 13.1. The molecule has 2 N–H and O–H groups in total. The number of H-pyrrole nitrogens is 1. The van der Waals surface area contributed by atoms with Crippen LogP contribution in [-0.2, 0) is 18.4 Å². The maximum absolute atomic E-state index is 13.1. The topological polar surface area (TPSA) is 69.2 Å². The zero-order chi connectivity index (χ0) is 17.4. The molecule has 1 aromatic heterocycles. The molecule has 4 rings (SSSR count). The van der Waals surface area contributed by atoms with E-state index in [2.05, 4.69) is 10.2 Å². The number of aryl methyl sites for hydroxylation is 1. The molecule has 1 aliphatic carbocycles. The van der Waals surface area contributed by atoms with Crippen molar-refractivity contribution in [1.82, 2.24) is 15.1 Å². The first-order chi connectivity index (χ1) is 12.1. The first-order valence-corrected chi connectivity index (χ1v) is 8.91. The number of likely N-dealkylation sites (tertiary alicyclic amines) is 1. The average molecular weight is 343 g/mol. The Balaban J connectivity index is 1.47. The smallest absolute Gasteiger partial charge is 0.274 e. The molecule has 1 aromatic carbocycles. The van der Waals surface area contributed by atoms with Crippen LogP contribution in [0.15, 0.2) is 24.3 Å². The number of aliphatic hydroxyl groups is 1. The molecular formula is C19H22FN3O2. The number of aromatic nitrogens is 2. The molecule has 0 atom stereocenters. The van der Waals surface area contributed by atoms with Crippen molar-refractivity contribution in [3.8, 4) is 0 Å². The van der Waals surface area contributed by atoms with Gasteiger partial charge in [0.15, 0.2) is 5.69 Å². The van der Waals surface area contributed by atoms with Gasteiger partial charge in [0.25, 0.3) is 5.91 Å². The number of aromatic amines is 1. The molecule has 2 heterocycles. The lowest BCUT2D eigenvalue weighted by atomic mass is 9.84. The summed E-state index contributed by atoms with van der Waals surface area (Å²) in [6, 6.07) is 5.97. The summed E-state index contributed by atoms with van der Waals surface area (Å²) in [6.45, 7) is 0.933. The highest BCUT2D eigenvalue weighted by Gasteiger charge is 2.36. The number of carbonyl (C=O) groups excluding carboxylic acids is 1. The fraction of sp³-hybridized carbons (Fsp3) is 0.474. The number of nitrogens with one attached hydrogen (secondary N) is 1. The van der Waals surface area contributed by atoms with Crippen molar-refractivity contribution in [2.75, 3.05) is 13.1 Å². The molecule has 25 heavy (non-hydrogen) atoms. The molecule has 1 aliphatic heterocycles. The van der Waals surface area contributed by atoms with Gasteiger partial charge in [-0.15, -0.1) is 0 Å². The molecule has 0 spiro atoms. The van der Waals surface area contributed by atoms with E-state index in [1.54, 1.807) is 17.0 Å². The number of rotatable bonds is 2. The third-order valence-electron chi connectivity index (χ3n) is 5.52. The van der Waals surface area contributed by atoms with Crippen LogP contribution in [0, 0.1) is 5.82 Å². The van der Waals surface area contributed by atoms with Crippen LogP contribution in [0.2, 0.25) is 0 Å². The number of carbonyl (C=O) groups is 1. The molecule has 132 valence electrons. The van der Waals surface area contributed by atoms with E-state index in [4.69, 9.17) is 0 Å². The van der Waals surface area contributed by atoms with Crippen LogP contribution >= 0.6 is 0 Å². The van der Waals surface area contributed by atoms with Crippen LogP contribution in [0.4, 0.5) is 4.39 Å². The van der Waals surface area contributed by atoms with Crippen LogP contribution in [0.25, 0.3) is 0 Å². The number of nitrogens with zero attached hydrogens (tertiary/aromatic N) is 2. The maximum Gasteiger partial charge on any atom is 0.274 e. The summed E-state index contributed by atoms with van der Waals surface area (Å²) in [6.07, 6.45) is 4.97. The van der Waals surface area contributed by atoms with Gasteiger partial charge in [0.2, 0.25) is 0 Å². The minimum Gasteiger partial charge on any atom is -0.385 e. The number of fused-ring (bicyclic) bond motifs is 1.